The molecule has 24 heavy (non-hydrogen) atoms. The van der Waals surface area contributed by atoms with Gasteiger partial charge in [0.15, 0.2) is 5.96 Å². The number of guanidine groups is 1. The molecule has 2 aromatic carbocycles. The minimum Gasteiger partial charge on any atom is -0.496 e. The fourth-order valence-corrected chi connectivity index (χ4v) is 2.77. The zero-order valence-corrected chi connectivity index (χ0v) is 17.3. The van der Waals surface area contributed by atoms with Crippen LogP contribution < -0.4 is 15.8 Å². The number of rotatable bonds is 5. The number of hydrogen-bond acceptors (Lipinski definition) is 2. The SMILES string of the molecule is COc1ccccc1CN=C(N)NC(C)c1ccc(Cl)cc1Cl.I. The second-order valence-electron chi connectivity index (χ2n) is 5.05. The van der Waals surface area contributed by atoms with Gasteiger partial charge in [0.2, 0.25) is 0 Å². The van der Waals surface area contributed by atoms with Crippen LogP contribution in [0.5, 0.6) is 5.75 Å². The number of hydrogen-bond donors (Lipinski definition) is 2. The Morgan fingerprint density at radius 1 is 1.25 bits per heavy atom. The zero-order valence-electron chi connectivity index (χ0n) is 13.4. The summed E-state index contributed by atoms with van der Waals surface area (Å²) in [4.78, 5) is 4.35. The molecule has 0 aliphatic carbocycles. The summed E-state index contributed by atoms with van der Waals surface area (Å²) >= 11 is 12.1. The van der Waals surface area contributed by atoms with Crippen LogP contribution in [0.15, 0.2) is 47.5 Å². The van der Waals surface area contributed by atoms with E-state index in [1.807, 2.05) is 37.3 Å². The van der Waals surface area contributed by atoms with Gasteiger partial charge in [-0.05, 0) is 30.7 Å². The monoisotopic (exact) mass is 479 g/mol. The van der Waals surface area contributed by atoms with Gasteiger partial charge in [-0.2, -0.15) is 0 Å². The highest BCUT2D eigenvalue weighted by molar-refractivity contribution is 14.0. The summed E-state index contributed by atoms with van der Waals surface area (Å²) in [5, 5.41) is 4.32. The van der Waals surface area contributed by atoms with Gasteiger partial charge in [-0.1, -0.05) is 47.5 Å². The first-order valence-electron chi connectivity index (χ1n) is 7.14. The molecule has 0 aromatic heterocycles. The Morgan fingerprint density at radius 3 is 2.62 bits per heavy atom. The quantitative estimate of drug-likeness (QED) is 0.368. The molecule has 0 fully saturated rings. The summed E-state index contributed by atoms with van der Waals surface area (Å²) in [6.45, 7) is 2.39. The van der Waals surface area contributed by atoms with Gasteiger partial charge in [0.25, 0.3) is 0 Å². The third-order valence-electron chi connectivity index (χ3n) is 3.41. The minimum atomic E-state index is -0.0822. The smallest absolute Gasteiger partial charge is 0.189 e. The molecule has 130 valence electrons. The van der Waals surface area contributed by atoms with E-state index in [1.165, 1.54) is 0 Å². The Kier molecular flexibility index (Phi) is 8.66. The maximum Gasteiger partial charge on any atom is 0.189 e. The van der Waals surface area contributed by atoms with Gasteiger partial charge in [0.05, 0.1) is 19.7 Å². The van der Waals surface area contributed by atoms with E-state index < -0.39 is 0 Å². The molecule has 0 saturated heterocycles. The number of methoxy groups -OCH3 is 1. The molecule has 0 spiro atoms. The highest BCUT2D eigenvalue weighted by Gasteiger charge is 2.10. The van der Waals surface area contributed by atoms with E-state index in [-0.39, 0.29) is 30.0 Å². The fourth-order valence-electron chi connectivity index (χ4n) is 2.20. The van der Waals surface area contributed by atoms with Crippen LogP contribution in [0.3, 0.4) is 0 Å². The van der Waals surface area contributed by atoms with Crippen LogP contribution in [0, 0.1) is 0 Å². The van der Waals surface area contributed by atoms with E-state index in [4.69, 9.17) is 33.7 Å². The molecule has 0 radical (unpaired) electrons. The van der Waals surface area contributed by atoms with Crippen molar-refractivity contribution in [2.24, 2.45) is 10.7 Å². The van der Waals surface area contributed by atoms with Gasteiger partial charge < -0.3 is 15.8 Å². The van der Waals surface area contributed by atoms with E-state index in [9.17, 15) is 0 Å². The first-order valence-corrected chi connectivity index (χ1v) is 7.90. The van der Waals surface area contributed by atoms with E-state index in [1.54, 1.807) is 19.2 Å². The van der Waals surface area contributed by atoms with Gasteiger partial charge in [-0.25, -0.2) is 4.99 Å². The lowest BCUT2D eigenvalue weighted by molar-refractivity contribution is 0.410. The topological polar surface area (TPSA) is 59.6 Å². The molecule has 0 bridgehead atoms. The number of aliphatic imine (C=N–C) groups is 1. The van der Waals surface area contributed by atoms with Gasteiger partial charge in [0, 0.05) is 15.6 Å². The molecule has 1 atom stereocenters. The van der Waals surface area contributed by atoms with E-state index in [0.29, 0.717) is 22.5 Å². The maximum atomic E-state index is 6.20. The number of halogens is 3. The summed E-state index contributed by atoms with van der Waals surface area (Å²) in [7, 11) is 1.63. The van der Waals surface area contributed by atoms with Crippen molar-refractivity contribution in [3.63, 3.8) is 0 Å². The van der Waals surface area contributed by atoms with E-state index >= 15 is 0 Å². The van der Waals surface area contributed by atoms with Crippen molar-refractivity contribution < 1.29 is 4.74 Å². The molecule has 3 N–H and O–H groups in total. The summed E-state index contributed by atoms with van der Waals surface area (Å²) in [5.74, 6) is 1.13. The Labute approximate surface area is 169 Å². The summed E-state index contributed by atoms with van der Waals surface area (Å²) < 4.78 is 5.29. The average Bonchev–Trinajstić information content (AvgIpc) is 2.53. The Hall–Kier alpha value is -1.18. The molecular formula is C17H20Cl2IN3O. The second-order valence-corrected chi connectivity index (χ2v) is 5.89. The second kappa shape index (κ2) is 9.96. The molecule has 7 heteroatoms. The maximum absolute atomic E-state index is 6.20. The predicted molar refractivity (Wildman–Crippen MR) is 112 cm³/mol. The van der Waals surface area contributed by atoms with Crippen LogP contribution in [0.1, 0.15) is 24.1 Å². The molecule has 1 unspecified atom stereocenters. The van der Waals surface area contributed by atoms with Gasteiger partial charge in [-0.15, -0.1) is 24.0 Å². The van der Waals surface area contributed by atoms with Crippen molar-refractivity contribution >= 4 is 53.1 Å². The van der Waals surface area contributed by atoms with Crippen molar-refractivity contribution in [3.8, 4) is 5.75 Å². The normalized spacial score (nSPS) is 12.2. The van der Waals surface area contributed by atoms with Crippen molar-refractivity contribution in [2.75, 3.05) is 7.11 Å². The van der Waals surface area contributed by atoms with Crippen molar-refractivity contribution in [1.82, 2.24) is 5.32 Å². The summed E-state index contributed by atoms with van der Waals surface area (Å²) in [6.07, 6.45) is 0. The van der Waals surface area contributed by atoms with Crippen LogP contribution >= 0.6 is 47.2 Å². The van der Waals surface area contributed by atoms with Crippen LogP contribution in [0.4, 0.5) is 0 Å². The fraction of sp³-hybridized carbons (Fsp3) is 0.235. The Morgan fingerprint density at radius 2 is 1.96 bits per heavy atom. The van der Waals surface area contributed by atoms with Crippen LogP contribution in [-0.2, 0) is 6.54 Å². The van der Waals surface area contributed by atoms with Crippen molar-refractivity contribution in [1.29, 1.82) is 0 Å². The number of nitrogens with one attached hydrogen (secondary N) is 1. The predicted octanol–water partition coefficient (Wildman–Crippen LogP) is 4.79. The minimum absolute atomic E-state index is 0. The highest BCUT2D eigenvalue weighted by atomic mass is 127. The molecule has 0 saturated carbocycles. The third-order valence-corrected chi connectivity index (χ3v) is 3.97. The van der Waals surface area contributed by atoms with Crippen LogP contribution in [0.25, 0.3) is 0 Å². The molecule has 0 heterocycles. The third kappa shape index (κ3) is 5.72. The van der Waals surface area contributed by atoms with Gasteiger partial charge in [0.1, 0.15) is 5.75 Å². The van der Waals surface area contributed by atoms with Crippen molar-refractivity contribution in [3.05, 3.63) is 63.6 Å². The molecule has 0 aliphatic heterocycles. The molecule has 4 nitrogen and oxygen atoms in total. The lowest BCUT2D eigenvalue weighted by Crippen LogP contribution is -2.34. The highest BCUT2D eigenvalue weighted by Crippen LogP contribution is 2.26. The summed E-state index contributed by atoms with van der Waals surface area (Å²) in [5.41, 5.74) is 7.84. The number of ether oxygens (including phenoxy) is 1. The average molecular weight is 480 g/mol. The van der Waals surface area contributed by atoms with Crippen LogP contribution in [-0.4, -0.2) is 13.1 Å². The number of nitrogens with two attached hydrogens (primary N) is 1. The van der Waals surface area contributed by atoms with Crippen LogP contribution in [0.2, 0.25) is 10.0 Å². The van der Waals surface area contributed by atoms with E-state index in [0.717, 1.165) is 16.9 Å². The Balaban J connectivity index is 0.00000288. The molecule has 2 rings (SSSR count). The van der Waals surface area contributed by atoms with Gasteiger partial charge >= 0.3 is 0 Å². The zero-order chi connectivity index (χ0) is 16.8. The number of para-hydroxylation sites is 1. The molecule has 0 aliphatic rings. The lowest BCUT2D eigenvalue weighted by atomic mass is 10.1. The summed E-state index contributed by atoms with van der Waals surface area (Å²) in [6, 6.07) is 13.0. The van der Waals surface area contributed by atoms with Crippen molar-refractivity contribution in [2.45, 2.75) is 19.5 Å². The van der Waals surface area contributed by atoms with Gasteiger partial charge in [-0.3, -0.25) is 0 Å². The standard InChI is InChI=1S/C17H19Cl2N3O.HI/c1-11(14-8-7-13(18)9-15(14)19)22-17(20)21-10-12-5-3-4-6-16(12)23-2;/h3-9,11H,10H2,1-2H3,(H3,20,21,22);1H. The first kappa shape index (κ1) is 20.9. The first-order chi connectivity index (χ1) is 11.0. The number of nitrogens with zero attached hydrogens (tertiary/aromatic N) is 1. The molecule has 2 aromatic rings. The Bertz CT molecular complexity index is 710. The van der Waals surface area contributed by atoms with E-state index in [2.05, 4.69) is 10.3 Å². The molecule has 0 amide bonds. The number of benzene rings is 2. The largest absolute Gasteiger partial charge is 0.496 e. The molecular weight excluding hydrogens is 460 g/mol. The lowest BCUT2D eigenvalue weighted by Gasteiger charge is -2.16.